The number of hydrogen-bond acceptors (Lipinski definition) is 4. The molecular weight excluding hydrogens is 344 g/mol. The van der Waals surface area contributed by atoms with E-state index in [9.17, 15) is 9.59 Å². The molecule has 7 nitrogen and oxygen atoms in total. The molecule has 0 bridgehead atoms. The Bertz CT molecular complexity index is 931. The number of benzene rings is 2. The first-order valence-corrected chi connectivity index (χ1v) is 8.52. The third kappa shape index (κ3) is 4.72. The third-order valence-electron chi connectivity index (χ3n) is 3.96. The number of carbonyl (C=O) groups excluding carboxylic acids is 2. The van der Waals surface area contributed by atoms with Gasteiger partial charge in [-0.05, 0) is 54.4 Å². The average Bonchev–Trinajstić information content (AvgIpc) is 3.18. The zero-order valence-electron chi connectivity index (χ0n) is 14.9. The Morgan fingerprint density at radius 1 is 1.07 bits per heavy atom. The summed E-state index contributed by atoms with van der Waals surface area (Å²) in [6.07, 6.45) is 2.60. The predicted octanol–water partition coefficient (Wildman–Crippen LogP) is 2.55. The Labute approximate surface area is 156 Å². The quantitative estimate of drug-likeness (QED) is 0.673. The summed E-state index contributed by atoms with van der Waals surface area (Å²) in [6, 6.07) is 16.2. The number of rotatable bonds is 7. The van der Waals surface area contributed by atoms with Gasteiger partial charge >= 0.3 is 0 Å². The number of amides is 2. The van der Waals surface area contributed by atoms with Crippen LogP contribution in [0.1, 0.15) is 23.0 Å². The van der Waals surface area contributed by atoms with E-state index in [1.54, 1.807) is 36.5 Å². The fraction of sp³-hybridized carbons (Fsp3) is 0.150. The largest absolute Gasteiger partial charge is 0.484 e. The van der Waals surface area contributed by atoms with E-state index in [2.05, 4.69) is 17.3 Å². The second-order valence-electron chi connectivity index (χ2n) is 5.89. The number of hydrogen-bond donors (Lipinski definition) is 2. The maximum atomic E-state index is 12.0. The Morgan fingerprint density at radius 2 is 1.78 bits per heavy atom. The lowest BCUT2D eigenvalue weighted by molar-refractivity contribution is -0.118. The van der Waals surface area contributed by atoms with Gasteiger partial charge in [-0.25, -0.2) is 4.68 Å². The summed E-state index contributed by atoms with van der Waals surface area (Å²) >= 11 is 0. The van der Waals surface area contributed by atoms with E-state index >= 15 is 0 Å². The molecule has 7 heteroatoms. The van der Waals surface area contributed by atoms with Gasteiger partial charge in [-0.1, -0.05) is 19.1 Å². The molecule has 0 saturated heterocycles. The van der Waals surface area contributed by atoms with E-state index in [0.29, 0.717) is 11.4 Å². The van der Waals surface area contributed by atoms with Gasteiger partial charge in [-0.3, -0.25) is 9.59 Å². The van der Waals surface area contributed by atoms with Crippen LogP contribution in [0.3, 0.4) is 0 Å². The van der Waals surface area contributed by atoms with Crippen molar-refractivity contribution in [1.82, 2.24) is 9.78 Å². The molecule has 27 heavy (non-hydrogen) atoms. The van der Waals surface area contributed by atoms with E-state index in [4.69, 9.17) is 10.5 Å². The van der Waals surface area contributed by atoms with Gasteiger partial charge in [-0.2, -0.15) is 5.10 Å². The summed E-state index contributed by atoms with van der Waals surface area (Å²) in [6.45, 7) is 2.01. The van der Waals surface area contributed by atoms with E-state index in [1.165, 1.54) is 10.2 Å². The molecule has 1 aromatic heterocycles. The van der Waals surface area contributed by atoms with Crippen LogP contribution in [0.2, 0.25) is 0 Å². The summed E-state index contributed by atoms with van der Waals surface area (Å²) in [5, 5.41) is 6.85. The third-order valence-corrected chi connectivity index (χ3v) is 3.96. The van der Waals surface area contributed by atoms with Crippen molar-refractivity contribution in [3.05, 3.63) is 72.1 Å². The van der Waals surface area contributed by atoms with Crippen LogP contribution in [0.15, 0.2) is 60.8 Å². The number of aromatic nitrogens is 2. The molecule has 0 aliphatic heterocycles. The highest BCUT2D eigenvalue weighted by Gasteiger charge is 2.07. The molecule has 3 N–H and O–H groups in total. The monoisotopic (exact) mass is 364 g/mol. The Hall–Kier alpha value is -3.61. The molecule has 2 amide bonds. The second-order valence-corrected chi connectivity index (χ2v) is 5.89. The van der Waals surface area contributed by atoms with Crippen LogP contribution in [0.25, 0.3) is 5.69 Å². The number of nitrogens with one attached hydrogen (secondary N) is 1. The minimum Gasteiger partial charge on any atom is -0.484 e. The van der Waals surface area contributed by atoms with Crippen LogP contribution in [0, 0.1) is 0 Å². The first-order valence-electron chi connectivity index (χ1n) is 8.52. The number of nitrogens with two attached hydrogens (primary N) is 1. The molecule has 0 spiro atoms. The smallest absolute Gasteiger partial charge is 0.269 e. The Morgan fingerprint density at radius 3 is 2.37 bits per heavy atom. The lowest BCUT2D eigenvalue weighted by Crippen LogP contribution is -2.20. The average molecular weight is 364 g/mol. The second kappa shape index (κ2) is 8.18. The van der Waals surface area contributed by atoms with E-state index in [0.717, 1.165) is 12.1 Å². The Kier molecular flexibility index (Phi) is 5.51. The molecule has 0 fully saturated rings. The highest BCUT2D eigenvalue weighted by Crippen LogP contribution is 2.15. The van der Waals surface area contributed by atoms with Gasteiger partial charge in [0, 0.05) is 11.9 Å². The van der Waals surface area contributed by atoms with Crippen molar-refractivity contribution in [1.29, 1.82) is 0 Å². The van der Waals surface area contributed by atoms with Gasteiger partial charge in [0.05, 0.1) is 5.69 Å². The van der Waals surface area contributed by atoms with Gasteiger partial charge in [0.2, 0.25) is 0 Å². The van der Waals surface area contributed by atoms with E-state index in [-0.39, 0.29) is 18.2 Å². The molecule has 0 aliphatic rings. The van der Waals surface area contributed by atoms with Crippen LogP contribution in [0.5, 0.6) is 5.75 Å². The van der Waals surface area contributed by atoms with Crippen molar-refractivity contribution in [3.8, 4) is 11.4 Å². The van der Waals surface area contributed by atoms with Gasteiger partial charge in [-0.15, -0.1) is 0 Å². The molecule has 3 rings (SSSR count). The number of ether oxygens (including phenoxy) is 1. The lowest BCUT2D eigenvalue weighted by Gasteiger charge is -2.09. The van der Waals surface area contributed by atoms with E-state index < -0.39 is 5.91 Å². The number of nitrogens with zero attached hydrogens (tertiary/aromatic N) is 2. The molecule has 0 aliphatic carbocycles. The van der Waals surface area contributed by atoms with E-state index in [1.807, 2.05) is 24.3 Å². The zero-order valence-corrected chi connectivity index (χ0v) is 14.9. The summed E-state index contributed by atoms with van der Waals surface area (Å²) in [7, 11) is 0. The fourth-order valence-corrected chi connectivity index (χ4v) is 2.46. The van der Waals surface area contributed by atoms with Gasteiger partial charge in [0.1, 0.15) is 11.4 Å². The Balaban J connectivity index is 1.55. The summed E-state index contributed by atoms with van der Waals surface area (Å²) in [5.41, 5.74) is 7.98. The van der Waals surface area contributed by atoms with Crippen molar-refractivity contribution in [2.45, 2.75) is 13.3 Å². The highest BCUT2D eigenvalue weighted by atomic mass is 16.5. The molecule has 0 atom stereocenters. The fourth-order valence-electron chi connectivity index (χ4n) is 2.46. The minimum atomic E-state index is -0.582. The summed E-state index contributed by atoms with van der Waals surface area (Å²) in [5.74, 6) is -0.180. The normalized spacial score (nSPS) is 10.4. The molecule has 2 aromatic carbocycles. The molecule has 3 aromatic rings. The summed E-state index contributed by atoms with van der Waals surface area (Å²) < 4.78 is 7.02. The molecule has 0 radical (unpaired) electrons. The molecule has 138 valence electrons. The number of aryl methyl sites for hydroxylation is 1. The molecule has 1 heterocycles. The predicted molar refractivity (Wildman–Crippen MR) is 102 cm³/mol. The van der Waals surface area contributed by atoms with Gasteiger partial charge < -0.3 is 15.8 Å². The summed E-state index contributed by atoms with van der Waals surface area (Å²) in [4.78, 5) is 23.1. The van der Waals surface area contributed by atoms with Crippen molar-refractivity contribution in [2.24, 2.45) is 5.73 Å². The van der Waals surface area contributed by atoms with Crippen molar-refractivity contribution >= 4 is 17.5 Å². The van der Waals surface area contributed by atoms with Crippen LogP contribution in [0.4, 0.5) is 5.69 Å². The van der Waals surface area contributed by atoms with Crippen LogP contribution in [-0.4, -0.2) is 28.2 Å². The number of carbonyl (C=O) groups is 2. The standard InChI is InChI=1S/C20H20N4O3/c1-2-14-3-9-17(10-4-14)27-13-19(25)22-15-5-7-16(8-6-15)24-12-11-18(23-24)20(21)26/h3-12H,2,13H2,1H3,(H2,21,26)(H,22,25). The molecule has 0 saturated carbocycles. The first kappa shape index (κ1) is 18.2. The minimum absolute atomic E-state index is 0.0750. The molecular formula is C20H20N4O3. The lowest BCUT2D eigenvalue weighted by atomic mass is 10.2. The first-order chi connectivity index (χ1) is 13.0. The molecule has 0 unspecified atom stereocenters. The maximum absolute atomic E-state index is 12.0. The van der Waals surface area contributed by atoms with Crippen molar-refractivity contribution < 1.29 is 14.3 Å². The van der Waals surface area contributed by atoms with Gasteiger partial charge in [0.25, 0.3) is 11.8 Å². The van der Waals surface area contributed by atoms with Crippen LogP contribution in [-0.2, 0) is 11.2 Å². The van der Waals surface area contributed by atoms with Crippen molar-refractivity contribution in [2.75, 3.05) is 11.9 Å². The SMILES string of the molecule is CCc1ccc(OCC(=O)Nc2ccc(-n3ccc(C(N)=O)n3)cc2)cc1. The highest BCUT2D eigenvalue weighted by molar-refractivity contribution is 5.92. The number of anilines is 1. The topological polar surface area (TPSA) is 99.2 Å². The number of primary amides is 1. The van der Waals surface area contributed by atoms with Crippen molar-refractivity contribution in [3.63, 3.8) is 0 Å². The van der Waals surface area contributed by atoms with Crippen LogP contribution >= 0.6 is 0 Å². The van der Waals surface area contributed by atoms with Gasteiger partial charge in [0.15, 0.2) is 6.61 Å². The maximum Gasteiger partial charge on any atom is 0.269 e. The van der Waals surface area contributed by atoms with Crippen LogP contribution < -0.4 is 15.8 Å². The zero-order chi connectivity index (χ0) is 19.2.